The van der Waals surface area contributed by atoms with Gasteiger partial charge in [0, 0.05) is 29.3 Å². The Labute approximate surface area is 149 Å². The first-order valence-corrected chi connectivity index (χ1v) is 8.47. The van der Waals surface area contributed by atoms with Gasteiger partial charge in [0.1, 0.15) is 6.54 Å². The standard InChI is InChI=1S/C19H18N4O3/c1-11-2-5-15-13(8-11)14(9-16(20-15)12-3-4-12)19(26)21-17-6-7-23(22-17)10-18(24)25/h2,5-9,12H,3-4,10H2,1H3,(H,24,25)(H,21,22,26). The van der Waals surface area contributed by atoms with E-state index in [9.17, 15) is 9.59 Å². The average Bonchev–Trinajstić information content (AvgIpc) is 3.35. The number of hydrogen-bond donors (Lipinski definition) is 2. The van der Waals surface area contributed by atoms with E-state index in [1.807, 2.05) is 31.2 Å². The Morgan fingerprint density at radius 2 is 2.08 bits per heavy atom. The average molecular weight is 350 g/mol. The van der Waals surface area contributed by atoms with Crippen LogP contribution in [0, 0.1) is 6.92 Å². The third kappa shape index (κ3) is 3.28. The largest absolute Gasteiger partial charge is 0.480 e. The lowest BCUT2D eigenvalue weighted by atomic mass is 10.0. The molecular weight excluding hydrogens is 332 g/mol. The molecule has 4 rings (SSSR count). The number of nitrogens with one attached hydrogen (secondary N) is 1. The topological polar surface area (TPSA) is 97.1 Å². The SMILES string of the molecule is Cc1ccc2nc(C3CC3)cc(C(=O)Nc3ccn(CC(=O)O)n3)c2c1. The van der Waals surface area contributed by atoms with Crippen molar-refractivity contribution in [3.8, 4) is 0 Å². The third-order valence-corrected chi connectivity index (χ3v) is 4.40. The number of carbonyl (C=O) groups is 2. The van der Waals surface area contributed by atoms with Gasteiger partial charge in [-0.1, -0.05) is 11.6 Å². The van der Waals surface area contributed by atoms with Crippen molar-refractivity contribution in [3.05, 3.63) is 53.3 Å². The maximum absolute atomic E-state index is 12.9. The summed E-state index contributed by atoms with van der Waals surface area (Å²) in [6.45, 7) is 1.72. The zero-order valence-corrected chi connectivity index (χ0v) is 14.3. The Morgan fingerprint density at radius 1 is 1.27 bits per heavy atom. The first-order valence-electron chi connectivity index (χ1n) is 8.47. The molecule has 0 unspecified atom stereocenters. The van der Waals surface area contributed by atoms with Gasteiger partial charge in [0.2, 0.25) is 0 Å². The molecule has 0 spiro atoms. The molecule has 2 N–H and O–H groups in total. The molecular formula is C19H18N4O3. The number of carbonyl (C=O) groups excluding carboxylic acids is 1. The lowest BCUT2D eigenvalue weighted by Crippen LogP contribution is -2.15. The van der Waals surface area contributed by atoms with Crippen LogP contribution >= 0.6 is 0 Å². The summed E-state index contributed by atoms with van der Waals surface area (Å²) >= 11 is 0. The van der Waals surface area contributed by atoms with Crippen molar-refractivity contribution in [2.45, 2.75) is 32.2 Å². The number of benzene rings is 1. The fourth-order valence-corrected chi connectivity index (χ4v) is 2.97. The van der Waals surface area contributed by atoms with Crippen molar-refractivity contribution in [1.82, 2.24) is 14.8 Å². The van der Waals surface area contributed by atoms with E-state index in [1.54, 1.807) is 6.07 Å². The lowest BCUT2D eigenvalue weighted by Gasteiger charge is -2.10. The molecule has 132 valence electrons. The number of carboxylic acids is 1. The van der Waals surface area contributed by atoms with Crippen LogP contribution < -0.4 is 5.32 Å². The van der Waals surface area contributed by atoms with Gasteiger partial charge in [0.05, 0.1) is 11.1 Å². The smallest absolute Gasteiger partial charge is 0.325 e. The Balaban J connectivity index is 1.68. The maximum atomic E-state index is 12.9. The number of amides is 1. The molecule has 26 heavy (non-hydrogen) atoms. The predicted molar refractivity (Wildman–Crippen MR) is 96.3 cm³/mol. The van der Waals surface area contributed by atoms with Crippen LogP contribution in [0.1, 0.15) is 40.4 Å². The summed E-state index contributed by atoms with van der Waals surface area (Å²) in [5.41, 5.74) is 3.37. The molecule has 1 fully saturated rings. The van der Waals surface area contributed by atoms with E-state index < -0.39 is 5.97 Å². The first-order chi connectivity index (χ1) is 12.5. The maximum Gasteiger partial charge on any atom is 0.325 e. The van der Waals surface area contributed by atoms with Crippen LogP contribution in [0.4, 0.5) is 5.82 Å². The van der Waals surface area contributed by atoms with E-state index >= 15 is 0 Å². The summed E-state index contributed by atoms with van der Waals surface area (Å²) in [5, 5.41) is 16.4. The molecule has 1 aliphatic carbocycles. The summed E-state index contributed by atoms with van der Waals surface area (Å²) in [6, 6.07) is 9.33. The highest BCUT2D eigenvalue weighted by molar-refractivity contribution is 6.12. The number of pyridine rings is 1. The zero-order chi connectivity index (χ0) is 18.3. The van der Waals surface area contributed by atoms with Gasteiger partial charge in [-0.15, -0.1) is 0 Å². The number of aryl methyl sites for hydroxylation is 1. The van der Waals surface area contributed by atoms with Crippen molar-refractivity contribution in [1.29, 1.82) is 0 Å². The quantitative estimate of drug-likeness (QED) is 0.737. The molecule has 1 aliphatic rings. The molecule has 1 amide bonds. The van der Waals surface area contributed by atoms with Gasteiger partial charge < -0.3 is 10.4 Å². The van der Waals surface area contributed by atoms with E-state index in [-0.39, 0.29) is 12.5 Å². The lowest BCUT2D eigenvalue weighted by molar-refractivity contribution is -0.137. The van der Waals surface area contributed by atoms with Gasteiger partial charge >= 0.3 is 5.97 Å². The zero-order valence-electron chi connectivity index (χ0n) is 14.3. The van der Waals surface area contributed by atoms with Crippen LogP contribution in [-0.2, 0) is 11.3 Å². The van der Waals surface area contributed by atoms with Gasteiger partial charge in [-0.3, -0.25) is 19.3 Å². The van der Waals surface area contributed by atoms with Gasteiger partial charge in [0.15, 0.2) is 5.82 Å². The van der Waals surface area contributed by atoms with Crippen molar-refractivity contribution >= 4 is 28.6 Å². The van der Waals surface area contributed by atoms with E-state index in [1.165, 1.54) is 10.9 Å². The Morgan fingerprint density at radius 3 is 2.81 bits per heavy atom. The summed E-state index contributed by atoms with van der Waals surface area (Å²) in [6.07, 6.45) is 3.73. The molecule has 1 aromatic carbocycles. The fourth-order valence-electron chi connectivity index (χ4n) is 2.97. The molecule has 3 aromatic rings. The van der Waals surface area contributed by atoms with Crippen LogP contribution in [0.15, 0.2) is 36.5 Å². The minimum atomic E-state index is -0.990. The van der Waals surface area contributed by atoms with Crippen LogP contribution in [0.2, 0.25) is 0 Å². The number of hydrogen-bond acceptors (Lipinski definition) is 4. The Bertz CT molecular complexity index is 1020. The summed E-state index contributed by atoms with van der Waals surface area (Å²) < 4.78 is 1.27. The van der Waals surface area contributed by atoms with Gasteiger partial charge in [0.25, 0.3) is 5.91 Å². The summed E-state index contributed by atoms with van der Waals surface area (Å²) in [5.74, 6) is -0.509. The Hall–Kier alpha value is -3.22. The molecule has 0 bridgehead atoms. The molecule has 7 heteroatoms. The molecule has 2 heterocycles. The van der Waals surface area contributed by atoms with Crippen molar-refractivity contribution < 1.29 is 14.7 Å². The Kier molecular flexibility index (Phi) is 3.91. The normalized spacial score (nSPS) is 13.7. The van der Waals surface area contributed by atoms with Gasteiger partial charge in [-0.05, 0) is 38.0 Å². The van der Waals surface area contributed by atoms with E-state index in [4.69, 9.17) is 10.1 Å². The van der Waals surface area contributed by atoms with Crippen LogP contribution in [0.3, 0.4) is 0 Å². The molecule has 2 aromatic heterocycles. The van der Waals surface area contributed by atoms with Gasteiger partial charge in [-0.2, -0.15) is 5.10 Å². The van der Waals surface area contributed by atoms with E-state index in [0.29, 0.717) is 17.3 Å². The second-order valence-corrected chi connectivity index (χ2v) is 6.64. The van der Waals surface area contributed by atoms with Crippen molar-refractivity contribution in [2.24, 2.45) is 0 Å². The minimum Gasteiger partial charge on any atom is -0.480 e. The number of aromatic nitrogens is 3. The molecule has 7 nitrogen and oxygen atoms in total. The molecule has 0 radical (unpaired) electrons. The van der Waals surface area contributed by atoms with Gasteiger partial charge in [-0.25, -0.2) is 0 Å². The van der Waals surface area contributed by atoms with Crippen LogP contribution in [0.5, 0.6) is 0 Å². The van der Waals surface area contributed by atoms with E-state index in [0.717, 1.165) is 35.0 Å². The van der Waals surface area contributed by atoms with E-state index in [2.05, 4.69) is 10.4 Å². The minimum absolute atomic E-state index is 0.251. The number of anilines is 1. The molecule has 0 saturated heterocycles. The van der Waals surface area contributed by atoms with Crippen molar-refractivity contribution in [2.75, 3.05) is 5.32 Å². The molecule has 0 atom stereocenters. The monoisotopic (exact) mass is 350 g/mol. The number of fused-ring (bicyclic) bond motifs is 1. The second kappa shape index (κ2) is 6.25. The number of carboxylic acid groups (broad SMARTS) is 1. The number of aliphatic carboxylic acids is 1. The second-order valence-electron chi connectivity index (χ2n) is 6.64. The highest BCUT2D eigenvalue weighted by Gasteiger charge is 2.27. The first kappa shape index (κ1) is 16.3. The summed E-state index contributed by atoms with van der Waals surface area (Å²) in [7, 11) is 0. The highest BCUT2D eigenvalue weighted by Crippen LogP contribution is 2.40. The number of nitrogens with zero attached hydrogens (tertiary/aromatic N) is 3. The predicted octanol–water partition coefficient (Wildman–Crippen LogP) is 2.95. The highest BCUT2D eigenvalue weighted by atomic mass is 16.4. The molecule has 0 aliphatic heterocycles. The number of rotatable bonds is 5. The summed E-state index contributed by atoms with van der Waals surface area (Å²) in [4.78, 5) is 28.3. The third-order valence-electron chi connectivity index (χ3n) is 4.40. The van der Waals surface area contributed by atoms with Crippen LogP contribution in [0.25, 0.3) is 10.9 Å². The van der Waals surface area contributed by atoms with Crippen LogP contribution in [-0.4, -0.2) is 31.7 Å². The van der Waals surface area contributed by atoms with Crippen molar-refractivity contribution in [3.63, 3.8) is 0 Å². The fraction of sp³-hybridized carbons (Fsp3) is 0.263. The molecule has 1 saturated carbocycles.